The van der Waals surface area contributed by atoms with Gasteiger partial charge in [0.1, 0.15) is 11.9 Å². The van der Waals surface area contributed by atoms with E-state index in [1.807, 2.05) is 4.90 Å². The minimum Gasteiger partial charge on any atom is -0.347 e. The van der Waals surface area contributed by atoms with E-state index in [2.05, 4.69) is 5.32 Å². The van der Waals surface area contributed by atoms with Crippen molar-refractivity contribution >= 4 is 17.5 Å². The van der Waals surface area contributed by atoms with Gasteiger partial charge in [-0.3, -0.25) is 9.69 Å². The number of halogens is 2. The summed E-state index contributed by atoms with van der Waals surface area (Å²) in [5.41, 5.74) is 0.524. The van der Waals surface area contributed by atoms with Gasteiger partial charge < -0.3 is 10.2 Å². The van der Waals surface area contributed by atoms with Gasteiger partial charge in [0.25, 0.3) is 0 Å². The molecule has 1 heterocycles. The molecule has 0 saturated carbocycles. The zero-order valence-electron chi connectivity index (χ0n) is 11.7. The summed E-state index contributed by atoms with van der Waals surface area (Å²) in [5, 5.41) is 3.71. The summed E-state index contributed by atoms with van der Waals surface area (Å²) >= 11 is 5.91. The van der Waals surface area contributed by atoms with E-state index in [1.54, 1.807) is 25.1 Å². The van der Waals surface area contributed by atoms with Crippen LogP contribution in [0.4, 0.5) is 4.39 Å². The molecule has 0 bridgehead atoms. The van der Waals surface area contributed by atoms with Crippen molar-refractivity contribution in [3.05, 3.63) is 34.6 Å². The number of likely N-dealkylation sites (N-methyl/N-ethyl adjacent to an activating group) is 1. The summed E-state index contributed by atoms with van der Waals surface area (Å²) in [4.78, 5) is 15.7. The molecule has 1 aromatic carbocycles. The van der Waals surface area contributed by atoms with Gasteiger partial charge in [-0.05, 0) is 18.2 Å². The van der Waals surface area contributed by atoms with Gasteiger partial charge in [0, 0.05) is 50.9 Å². The number of nitrogens with zero attached hydrogens (tertiary/aromatic N) is 2. The van der Waals surface area contributed by atoms with Crippen LogP contribution in [0.5, 0.6) is 0 Å². The van der Waals surface area contributed by atoms with Crippen LogP contribution < -0.4 is 5.32 Å². The van der Waals surface area contributed by atoms with Gasteiger partial charge in [-0.1, -0.05) is 11.6 Å². The van der Waals surface area contributed by atoms with Crippen LogP contribution in [0, 0.1) is 5.82 Å². The molecule has 4 nitrogen and oxygen atoms in total. The first-order valence-electron chi connectivity index (χ1n) is 6.59. The highest BCUT2D eigenvalue weighted by atomic mass is 35.5. The van der Waals surface area contributed by atoms with Crippen molar-refractivity contribution in [3.63, 3.8) is 0 Å². The van der Waals surface area contributed by atoms with Crippen LogP contribution in [-0.2, 0) is 11.3 Å². The van der Waals surface area contributed by atoms with E-state index < -0.39 is 0 Å². The summed E-state index contributed by atoms with van der Waals surface area (Å²) in [5.74, 6) is -0.261. The van der Waals surface area contributed by atoms with E-state index in [0.717, 1.165) is 6.54 Å². The third-order valence-corrected chi connectivity index (χ3v) is 3.70. The zero-order valence-corrected chi connectivity index (χ0v) is 12.5. The maximum atomic E-state index is 13.8. The molecular formula is C14H19ClFN3O. The molecule has 1 atom stereocenters. The van der Waals surface area contributed by atoms with E-state index in [-0.39, 0.29) is 17.8 Å². The topological polar surface area (TPSA) is 35.6 Å². The second-order valence-electron chi connectivity index (χ2n) is 5.16. The Kier molecular flexibility index (Phi) is 4.96. The van der Waals surface area contributed by atoms with E-state index in [0.29, 0.717) is 30.2 Å². The molecule has 1 saturated heterocycles. The molecule has 20 heavy (non-hydrogen) atoms. The lowest BCUT2D eigenvalue weighted by Gasteiger charge is -2.36. The maximum Gasteiger partial charge on any atom is 0.240 e. The molecule has 2 rings (SSSR count). The van der Waals surface area contributed by atoms with Crippen LogP contribution in [0.25, 0.3) is 0 Å². The van der Waals surface area contributed by atoms with Crippen LogP contribution in [0.3, 0.4) is 0 Å². The molecule has 1 unspecified atom stereocenters. The number of carbonyl (C=O) groups is 1. The number of rotatable bonds is 3. The van der Waals surface area contributed by atoms with Gasteiger partial charge in [-0.2, -0.15) is 0 Å². The van der Waals surface area contributed by atoms with Crippen molar-refractivity contribution in [1.29, 1.82) is 0 Å². The number of hydrogen-bond donors (Lipinski definition) is 1. The van der Waals surface area contributed by atoms with Crippen LogP contribution >= 0.6 is 11.6 Å². The molecule has 6 heteroatoms. The van der Waals surface area contributed by atoms with Crippen LogP contribution in [-0.4, -0.2) is 55.5 Å². The molecule has 0 aliphatic carbocycles. The number of benzene rings is 1. The fourth-order valence-electron chi connectivity index (χ4n) is 2.36. The molecule has 1 aliphatic rings. The summed E-state index contributed by atoms with van der Waals surface area (Å²) in [7, 11) is 3.46. The molecule has 1 aliphatic heterocycles. The monoisotopic (exact) mass is 299 g/mol. The van der Waals surface area contributed by atoms with Crippen molar-refractivity contribution in [2.24, 2.45) is 0 Å². The lowest BCUT2D eigenvalue weighted by molar-refractivity contribution is -0.135. The lowest BCUT2D eigenvalue weighted by atomic mass is 10.1. The Morgan fingerprint density at radius 2 is 2.30 bits per heavy atom. The molecule has 110 valence electrons. The predicted octanol–water partition coefficient (Wildman–Crippen LogP) is 1.34. The van der Waals surface area contributed by atoms with Crippen LogP contribution in [0.1, 0.15) is 5.56 Å². The average Bonchev–Trinajstić information content (AvgIpc) is 2.42. The van der Waals surface area contributed by atoms with E-state index >= 15 is 0 Å². The third-order valence-electron chi connectivity index (χ3n) is 3.46. The first-order valence-corrected chi connectivity index (χ1v) is 6.96. The first kappa shape index (κ1) is 15.2. The fourth-order valence-corrected chi connectivity index (χ4v) is 2.56. The zero-order chi connectivity index (χ0) is 14.7. The quantitative estimate of drug-likeness (QED) is 0.915. The maximum absolute atomic E-state index is 13.8. The highest BCUT2D eigenvalue weighted by Gasteiger charge is 2.30. The molecule has 1 aromatic rings. The summed E-state index contributed by atoms with van der Waals surface area (Å²) in [6.07, 6.45) is 0. The highest BCUT2D eigenvalue weighted by Crippen LogP contribution is 2.18. The number of hydrogen-bond acceptors (Lipinski definition) is 3. The van der Waals surface area contributed by atoms with Crippen molar-refractivity contribution in [2.75, 3.05) is 33.7 Å². The Morgan fingerprint density at radius 1 is 1.55 bits per heavy atom. The Balaban J connectivity index is 2.16. The van der Waals surface area contributed by atoms with E-state index in [9.17, 15) is 9.18 Å². The predicted molar refractivity (Wildman–Crippen MR) is 77.2 cm³/mol. The van der Waals surface area contributed by atoms with Gasteiger partial charge in [0.15, 0.2) is 0 Å². The second-order valence-corrected chi connectivity index (χ2v) is 5.60. The standard InChI is InChI=1S/C14H19ClFN3O/c1-18(2)14(20)13-8-17-5-6-19(13)9-10-7-11(15)3-4-12(10)16/h3-4,7,13,17H,5-6,8-9H2,1-2H3. The van der Waals surface area contributed by atoms with Gasteiger partial charge in [0.05, 0.1) is 0 Å². The Hall–Kier alpha value is -1.17. The largest absolute Gasteiger partial charge is 0.347 e. The van der Waals surface area contributed by atoms with E-state index in [1.165, 1.54) is 12.1 Å². The smallest absolute Gasteiger partial charge is 0.240 e. The molecule has 0 aromatic heterocycles. The number of nitrogens with one attached hydrogen (secondary N) is 1. The minimum absolute atomic E-state index is 0.0274. The summed E-state index contributed by atoms with van der Waals surface area (Å²) in [6, 6.07) is 4.25. The van der Waals surface area contributed by atoms with E-state index in [4.69, 9.17) is 11.6 Å². The molecule has 1 amide bonds. The van der Waals surface area contributed by atoms with Crippen molar-refractivity contribution in [3.8, 4) is 0 Å². The van der Waals surface area contributed by atoms with Gasteiger partial charge >= 0.3 is 0 Å². The van der Waals surface area contributed by atoms with Gasteiger partial charge in [0.2, 0.25) is 5.91 Å². The highest BCUT2D eigenvalue weighted by molar-refractivity contribution is 6.30. The molecule has 1 fully saturated rings. The average molecular weight is 300 g/mol. The number of piperazine rings is 1. The van der Waals surface area contributed by atoms with Crippen LogP contribution in [0.15, 0.2) is 18.2 Å². The molecule has 1 N–H and O–H groups in total. The Bertz CT molecular complexity index is 495. The summed E-state index contributed by atoms with van der Waals surface area (Å²) < 4.78 is 13.8. The Labute approximate surface area is 123 Å². The number of amides is 1. The first-order chi connectivity index (χ1) is 9.49. The minimum atomic E-state index is -0.288. The fraction of sp³-hybridized carbons (Fsp3) is 0.500. The SMILES string of the molecule is CN(C)C(=O)C1CNCCN1Cc1cc(Cl)ccc1F. The summed E-state index contributed by atoms with van der Waals surface area (Å²) in [6.45, 7) is 2.47. The molecular weight excluding hydrogens is 281 g/mol. The van der Waals surface area contributed by atoms with Crippen molar-refractivity contribution < 1.29 is 9.18 Å². The normalized spacial score (nSPS) is 19.9. The lowest BCUT2D eigenvalue weighted by Crippen LogP contribution is -2.57. The Morgan fingerprint density at radius 3 is 3.00 bits per heavy atom. The van der Waals surface area contributed by atoms with Gasteiger partial charge in [-0.25, -0.2) is 4.39 Å². The van der Waals surface area contributed by atoms with Crippen molar-refractivity contribution in [1.82, 2.24) is 15.1 Å². The second kappa shape index (κ2) is 6.52. The molecule has 0 radical (unpaired) electrons. The van der Waals surface area contributed by atoms with Crippen molar-refractivity contribution in [2.45, 2.75) is 12.6 Å². The van der Waals surface area contributed by atoms with Gasteiger partial charge in [-0.15, -0.1) is 0 Å². The van der Waals surface area contributed by atoms with Crippen LogP contribution in [0.2, 0.25) is 5.02 Å². The number of carbonyl (C=O) groups excluding carboxylic acids is 1. The third kappa shape index (κ3) is 3.48. The molecule has 0 spiro atoms.